The molecular formula is C14H19N3. The van der Waals surface area contributed by atoms with Crippen molar-refractivity contribution in [1.29, 1.82) is 5.26 Å². The van der Waals surface area contributed by atoms with E-state index in [1.807, 2.05) is 12.1 Å². The molecule has 1 aromatic rings. The summed E-state index contributed by atoms with van der Waals surface area (Å²) in [5.41, 5.74) is 9.22. The highest BCUT2D eigenvalue weighted by molar-refractivity contribution is 5.37. The maximum absolute atomic E-state index is 8.83. The van der Waals surface area contributed by atoms with Crippen LogP contribution in [0.5, 0.6) is 0 Å². The number of benzene rings is 1. The van der Waals surface area contributed by atoms with Crippen molar-refractivity contribution in [3.05, 3.63) is 34.9 Å². The van der Waals surface area contributed by atoms with Crippen molar-refractivity contribution >= 4 is 0 Å². The number of rotatable bonds is 2. The Labute approximate surface area is 103 Å². The van der Waals surface area contributed by atoms with Gasteiger partial charge in [-0.25, -0.2) is 0 Å². The fourth-order valence-corrected chi connectivity index (χ4v) is 2.42. The predicted molar refractivity (Wildman–Crippen MR) is 68.4 cm³/mol. The third-order valence-corrected chi connectivity index (χ3v) is 3.41. The summed E-state index contributed by atoms with van der Waals surface area (Å²) in [6, 6.07) is 8.41. The smallest absolute Gasteiger partial charge is 0.0991 e. The molecule has 2 rings (SSSR count). The van der Waals surface area contributed by atoms with E-state index in [-0.39, 0.29) is 0 Å². The highest BCUT2D eigenvalue weighted by Gasteiger charge is 2.17. The predicted octanol–water partition coefficient (Wildman–Crippen LogP) is 1.79. The second-order valence-electron chi connectivity index (χ2n) is 4.89. The Morgan fingerprint density at radius 1 is 1.53 bits per heavy atom. The van der Waals surface area contributed by atoms with Gasteiger partial charge in [-0.15, -0.1) is 0 Å². The third-order valence-electron chi connectivity index (χ3n) is 3.41. The molecule has 1 atom stereocenters. The topological polar surface area (TPSA) is 53.0 Å². The molecule has 0 bridgehead atoms. The quantitative estimate of drug-likeness (QED) is 0.841. The molecule has 2 N–H and O–H groups in total. The average molecular weight is 229 g/mol. The number of hydrogen-bond acceptors (Lipinski definition) is 3. The molecule has 0 radical (unpaired) electrons. The third kappa shape index (κ3) is 3.06. The number of aryl methyl sites for hydroxylation is 1. The van der Waals surface area contributed by atoms with E-state index >= 15 is 0 Å². The van der Waals surface area contributed by atoms with E-state index in [1.165, 1.54) is 17.5 Å². The van der Waals surface area contributed by atoms with Gasteiger partial charge in [0.1, 0.15) is 0 Å². The number of nitriles is 1. The Morgan fingerprint density at radius 2 is 2.35 bits per heavy atom. The lowest BCUT2D eigenvalue weighted by atomic mass is 10.0. The van der Waals surface area contributed by atoms with E-state index in [9.17, 15) is 0 Å². The maximum Gasteiger partial charge on any atom is 0.0991 e. The minimum atomic E-state index is 0.322. The lowest BCUT2D eigenvalue weighted by Gasteiger charge is -2.31. The first kappa shape index (κ1) is 12.1. The highest BCUT2D eigenvalue weighted by Crippen LogP contribution is 2.16. The largest absolute Gasteiger partial charge is 0.327 e. The second-order valence-corrected chi connectivity index (χ2v) is 4.89. The van der Waals surface area contributed by atoms with Crippen LogP contribution in [0.4, 0.5) is 0 Å². The summed E-state index contributed by atoms with van der Waals surface area (Å²) in [5, 5.41) is 8.83. The van der Waals surface area contributed by atoms with Crippen molar-refractivity contribution in [2.75, 3.05) is 13.1 Å². The lowest BCUT2D eigenvalue weighted by molar-refractivity contribution is 0.201. The minimum Gasteiger partial charge on any atom is -0.327 e. The van der Waals surface area contributed by atoms with Crippen LogP contribution in [-0.4, -0.2) is 24.0 Å². The van der Waals surface area contributed by atoms with Gasteiger partial charge in [0.25, 0.3) is 0 Å². The zero-order valence-electron chi connectivity index (χ0n) is 10.3. The molecule has 1 aliphatic heterocycles. The Balaban J connectivity index is 2.06. The van der Waals surface area contributed by atoms with Crippen molar-refractivity contribution in [2.24, 2.45) is 5.73 Å². The van der Waals surface area contributed by atoms with Gasteiger partial charge >= 0.3 is 0 Å². The molecule has 1 aliphatic rings. The Morgan fingerprint density at radius 3 is 3.00 bits per heavy atom. The summed E-state index contributed by atoms with van der Waals surface area (Å²) in [5.74, 6) is 0. The van der Waals surface area contributed by atoms with E-state index in [4.69, 9.17) is 11.0 Å². The first-order chi connectivity index (χ1) is 8.19. The lowest BCUT2D eigenvalue weighted by Crippen LogP contribution is -2.42. The van der Waals surface area contributed by atoms with E-state index in [2.05, 4.69) is 24.0 Å². The molecule has 0 amide bonds. The molecule has 0 aromatic heterocycles. The number of nitrogens with two attached hydrogens (primary N) is 1. The van der Waals surface area contributed by atoms with Crippen molar-refractivity contribution in [3.8, 4) is 6.07 Å². The molecule has 17 heavy (non-hydrogen) atoms. The van der Waals surface area contributed by atoms with Gasteiger partial charge in [-0.3, -0.25) is 4.90 Å². The van der Waals surface area contributed by atoms with Gasteiger partial charge < -0.3 is 5.73 Å². The summed E-state index contributed by atoms with van der Waals surface area (Å²) in [6.45, 7) is 5.14. The number of hydrogen-bond donors (Lipinski definition) is 1. The molecule has 1 saturated heterocycles. The highest BCUT2D eigenvalue weighted by atomic mass is 15.1. The molecule has 0 unspecified atom stereocenters. The maximum atomic E-state index is 8.83. The second kappa shape index (κ2) is 5.31. The van der Waals surface area contributed by atoms with Gasteiger partial charge in [-0.2, -0.15) is 5.26 Å². The first-order valence-electron chi connectivity index (χ1n) is 6.16. The first-order valence-corrected chi connectivity index (χ1v) is 6.16. The molecule has 0 saturated carbocycles. The minimum absolute atomic E-state index is 0.322. The number of piperidine rings is 1. The Hall–Kier alpha value is -1.37. The van der Waals surface area contributed by atoms with Crippen LogP contribution in [0.2, 0.25) is 0 Å². The van der Waals surface area contributed by atoms with Gasteiger partial charge in [0.15, 0.2) is 0 Å². The van der Waals surface area contributed by atoms with Gasteiger partial charge in [0.05, 0.1) is 11.6 Å². The number of likely N-dealkylation sites (tertiary alicyclic amines) is 1. The normalized spacial score (nSPS) is 21.1. The van der Waals surface area contributed by atoms with Crippen LogP contribution in [0.25, 0.3) is 0 Å². The summed E-state index contributed by atoms with van der Waals surface area (Å²) in [4.78, 5) is 2.41. The fraction of sp³-hybridized carbons (Fsp3) is 0.500. The molecule has 0 aliphatic carbocycles. The van der Waals surface area contributed by atoms with E-state index in [1.54, 1.807) is 0 Å². The van der Waals surface area contributed by atoms with Crippen LogP contribution in [0, 0.1) is 18.3 Å². The summed E-state index contributed by atoms with van der Waals surface area (Å²) in [7, 11) is 0. The average Bonchev–Trinajstić information content (AvgIpc) is 2.32. The monoisotopic (exact) mass is 229 g/mol. The van der Waals surface area contributed by atoms with Crippen molar-refractivity contribution < 1.29 is 0 Å². The van der Waals surface area contributed by atoms with Crippen LogP contribution < -0.4 is 5.73 Å². The Kier molecular flexibility index (Phi) is 3.78. The van der Waals surface area contributed by atoms with Crippen molar-refractivity contribution in [2.45, 2.75) is 32.4 Å². The molecule has 3 heteroatoms. The van der Waals surface area contributed by atoms with Gasteiger partial charge in [-0.1, -0.05) is 6.07 Å². The van der Waals surface area contributed by atoms with E-state index in [0.717, 1.165) is 31.6 Å². The fourth-order valence-electron chi connectivity index (χ4n) is 2.42. The summed E-state index contributed by atoms with van der Waals surface area (Å²) < 4.78 is 0. The summed E-state index contributed by atoms with van der Waals surface area (Å²) >= 11 is 0. The van der Waals surface area contributed by atoms with Gasteiger partial charge in [0.2, 0.25) is 0 Å². The summed E-state index contributed by atoms with van der Waals surface area (Å²) in [6.07, 6.45) is 2.33. The SMILES string of the molecule is Cc1cc(C#N)ccc1CN1CCC[C@@H](N)C1. The zero-order chi connectivity index (χ0) is 12.3. The van der Waals surface area contributed by atoms with Crippen LogP contribution >= 0.6 is 0 Å². The Bertz CT molecular complexity index is 434. The molecule has 1 aromatic carbocycles. The zero-order valence-corrected chi connectivity index (χ0v) is 10.3. The van der Waals surface area contributed by atoms with Gasteiger partial charge in [-0.05, 0) is 49.6 Å². The molecular weight excluding hydrogens is 210 g/mol. The van der Waals surface area contributed by atoms with Crippen LogP contribution in [0.1, 0.15) is 29.5 Å². The number of nitrogens with zero attached hydrogens (tertiary/aromatic N) is 2. The van der Waals surface area contributed by atoms with E-state index < -0.39 is 0 Å². The molecule has 3 nitrogen and oxygen atoms in total. The molecule has 0 spiro atoms. The molecule has 1 heterocycles. The standard InChI is InChI=1S/C14H19N3/c1-11-7-12(8-15)4-5-13(11)9-17-6-2-3-14(16)10-17/h4-5,7,14H,2-3,6,9-10,16H2,1H3/t14-/m1/s1. The van der Waals surface area contributed by atoms with Crippen molar-refractivity contribution in [1.82, 2.24) is 4.90 Å². The molecule has 90 valence electrons. The molecule has 1 fully saturated rings. The van der Waals surface area contributed by atoms with E-state index in [0.29, 0.717) is 6.04 Å². The van der Waals surface area contributed by atoms with Crippen molar-refractivity contribution in [3.63, 3.8) is 0 Å². The van der Waals surface area contributed by atoms with Crippen LogP contribution in [-0.2, 0) is 6.54 Å². The van der Waals surface area contributed by atoms with Crippen LogP contribution in [0.15, 0.2) is 18.2 Å². The van der Waals surface area contributed by atoms with Gasteiger partial charge in [0, 0.05) is 19.1 Å². The van der Waals surface area contributed by atoms with Crippen LogP contribution in [0.3, 0.4) is 0 Å².